The van der Waals surface area contributed by atoms with E-state index in [0.29, 0.717) is 5.56 Å². The van der Waals surface area contributed by atoms with Crippen molar-refractivity contribution in [2.75, 3.05) is 0 Å². The SMILES string of the molecule is Cc1cc(CF)ccc1CC(N)C(=O)O. The molecule has 15 heavy (non-hydrogen) atoms. The van der Waals surface area contributed by atoms with Crippen LogP contribution in [0.2, 0.25) is 0 Å². The molecule has 0 radical (unpaired) electrons. The van der Waals surface area contributed by atoms with Crippen LogP contribution in [-0.4, -0.2) is 17.1 Å². The summed E-state index contributed by atoms with van der Waals surface area (Å²) in [5, 5.41) is 8.65. The summed E-state index contributed by atoms with van der Waals surface area (Å²) in [5.74, 6) is -1.02. The van der Waals surface area contributed by atoms with Crippen LogP contribution in [-0.2, 0) is 17.9 Å². The first kappa shape index (κ1) is 11.7. The fraction of sp³-hybridized carbons (Fsp3) is 0.364. The highest BCUT2D eigenvalue weighted by atomic mass is 19.1. The Labute approximate surface area is 87.7 Å². The lowest BCUT2D eigenvalue weighted by atomic mass is 9.99. The van der Waals surface area contributed by atoms with E-state index in [1.165, 1.54) is 0 Å². The number of nitrogens with two attached hydrogens (primary N) is 1. The Bertz CT molecular complexity index is 366. The van der Waals surface area contributed by atoms with Crippen molar-refractivity contribution < 1.29 is 14.3 Å². The monoisotopic (exact) mass is 211 g/mol. The number of carboxylic acids is 1. The van der Waals surface area contributed by atoms with Crippen molar-refractivity contribution in [3.63, 3.8) is 0 Å². The van der Waals surface area contributed by atoms with Crippen molar-refractivity contribution >= 4 is 5.97 Å². The molecule has 0 aliphatic rings. The van der Waals surface area contributed by atoms with Gasteiger partial charge in [0.2, 0.25) is 0 Å². The Kier molecular flexibility index (Phi) is 3.80. The molecule has 82 valence electrons. The van der Waals surface area contributed by atoms with Crippen LogP contribution in [0.25, 0.3) is 0 Å². The number of carboxylic acid groups (broad SMARTS) is 1. The summed E-state index contributed by atoms with van der Waals surface area (Å²) in [6.45, 7) is 1.31. The predicted molar refractivity (Wildman–Crippen MR) is 55.3 cm³/mol. The van der Waals surface area contributed by atoms with Crippen molar-refractivity contribution in [2.45, 2.75) is 26.1 Å². The minimum Gasteiger partial charge on any atom is -0.480 e. The zero-order valence-corrected chi connectivity index (χ0v) is 8.53. The van der Waals surface area contributed by atoms with E-state index in [9.17, 15) is 9.18 Å². The predicted octanol–water partition coefficient (Wildman–Crippen LogP) is 1.42. The van der Waals surface area contributed by atoms with Gasteiger partial charge in [0.15, 0.2) is 0 Å². The minimum absolute atomic E-state index is 0.272. The summed E-state index contributed by atoms with van der Waals surface area (Å²) in [4.78, 5) is 10.6. The Morgan fingerprint density at radius 1 is 1.60 bits per heavy atom. The molecule has 4 heteroatoms. The van der Waals surface area contributed by atoms with Gasteiger partial charge in [-0.25, -0.2) is 4.39 Å². The van der Waals surface area contributed by atoms with Gasteiger partial charge in [0.05, 0.1) is 0 Å². The van der Waals surface area contributed by atoms with Crippen molar-refractivity contribution in [1.82, 2.24) is 0 Å². The van der Waals surface area contributed by atoms with E-state index >= 15 is 0 Å². The van der Waals surface area contributed by atoms with E-state index < -0.39 is 18.7 Å². The summed E-state index contributed by atoms with van der Waals surface area (Å²) in [5.41, 5.74) is 7.74. The third-order valence-electron chi connectivity index (χ3n) is 2.32. The van der Waals surface area contributed by atoms with Crippen molar-refractivity contribution in [1.29, 1.82) is 0 Å². The topological polar surface area (TPSA) is 63.3 Å². The number of benzene rings is 1. The molecule has 1 unspecified atom stereocenters. The molecule has 0 spiro atoms. The Morgan fingerprint density at radius 2 is 2.27 bits per heavy atom. The summed E-state index contributed by atoms with van der Waals surface area (Å²) in [6, 6.07) is 4.19. The molecule has 0 heterocycles. The van der Waals surface area contributed by atoms with Crippen molar-refractivity contribution in [3.8, 4) is 0 Å². The van der Waals surface area contributed by atoms with Crippen LogP contribution in [0.1, 0.15) is 16.7 Å². The summed E-state index contributed by atoms with van der Waals surface area (Å²) >= 11 is 0. The van der Waals surface area contributed by atoms with Gasteiger partial charge in [-0.3, -0.25) is 4.79 Å². The number of hydrogen-bond acceptors (Lipinski definition) is 2. The molecule has 0 aliphatic heterocycles. The number of hydrogen-bond donors (Lipinski definition) is 2. The van der Waals surface area contributed by atoms with E-state index in [0.717, 1.165) is 11.1 Å². The molecular weight excluding hydrogens is 197 g/mol. The van der Waals surface area contributed by atoms with Crippen LogP contribution in [0.4, 0.5) is 4.39 Å². The van der Waals surface area contributed by atoms with Gasteiger partial charge in [-0.15, -0.1) is 0 Å². The molecule has 1 atom stereocenters. The lowest BCUT2D eigenvalue weighted by Gasteiger charge is -2.10. The maximum Gasteiger partial charge on any atom is 0.320 e. The maximum absolute atomic E-state index is 12.3. The zero-order valence-electron chi connectivity index (χ0n) is 8.53. The fourth-order valence-electron chi connectivity index (χ4n) is 1.39. The molecule has 0 aliphatic carbocycles. The van der Waals surface area contributed by atoms with Crippen LogP contribution < -0.4 is 5.73 Å². The highest BCUT2D eigenvalue weighted by Gasteiger charge is 2.13. The number of aliphatic carboxylic acids is 1. The van der Waals surface area contributed by atoms with Gasteiger partial charge in [-0.1, -0.05) is 18.2 Å². The first-order valence-electron chi connectivity index (χ1n) is 4.67. The lowest BCUT2D eigenvalue weighted by Crippen LogP contribution is -2.32. The molecule has 1 aromatic rings. The molecule has 1 aromatic carbocycles. The smallest absolute Gasteiger partial charge is 0.320 e. The molecule has 0 amide bonds. The summed E-state index contributed by atoms with van der Waals surface area (Å²) in [7, 11) is 0. The number of alkyl halides is 1. The molecule has 0 saturated heterocycles. The van der Waals surface area contributed by atoms with Crippen LogP contribution in [0, 0.1) is 6.92 Å². The van der Waals surface area contributed by atoms with E-state index in [4.69, 9.17) is 10.8 Å². The average molecular weight is 211 g/mol. The third kappa shape index (κ3) is 3.02. The molecular formula is C11H14FNO2. The normalized spacial score (nSPS) is 12.5. The van der Waals surface area contributed by atoms with E-state index in [-0.39, 0.29) is 6.42 Å². The second-order valence-electron chi connectivity index (χ2n) is 3.54. The van der Waals surface area contributed by atoms with Gasteiger partial charge < -0.3 is 10.8 Å². The zero-order chi connectivity index (χ0) is 11.4. The van der Waals surface area contributed by atoms with E-state index in [2.05, 4.69) is 0 Å². The largest absolute Gasteiger partial charge is 0.480 e. The molecule has 0 fully saturated rings. The van der Waals surface area contributed by atoms with Crippen molar-refractivity contribution in [3.05, 3.63) is 34.9 Å². The van der Waals surface area contributed by atoms with Crippen LogP contribution >= 0.6 is 0 Å². The van der Waals surface area contributed by atoms with Crippen LogP contribution in [0.15, 0.2) is 18.2 Å². The number of halogens is 1. The fourth-order valence-corrected chi connectivity index (χ4v) is 1.39. The molecule has 3 N–H and O–H groups in total. The molecule has 3 nitrogen and oxygen atoms in total. The second-order valence-corrected chi connectivity index (χ2v) is 3.54. The minimum atomic E-state index is -1.02. The third-order valence-corrected chi connectivity index (χ3v) is 2.32. The van der Waals surface area contributed by atoms with E-state index in [1.54, 1.807) is 18.2 Å². The van der Waals surface area contributed by atoms with Gasteiger partial charge in [0.1, 0.15) is 12.7 Å². The van der Waals surface area contributed by atoms with Crippen LogP contribution in [0.3, 0.4) is 0 Å². The highest BCUT2D eigenvalue weighted by Crippen LogP contribution is 2.13. The van der Waals surface area contributed by atoms with Crippen molar-refractivity contribution in [2.24, 2.45) is 5.73 Å². The van der Waals surface area contributed by atoms with Gasteiger partial charge in [0, 0.05) is 0 Å². The van der Waals surface area contributed by atoms with Crippen LogP contribution in [0.5, 0.6) is 0 Å². The Hall–Kier alpha value is -1.42. The quantitative estimate of drug-likeness (QED) is 0.791. The average Bonchev–Trinajstić information content (AvgIpc) is 2.20. The van der Waals surface area contributed by atoms with E-state index in [1.807, 2.05) is 6.92 Å². The lowest BCUT2D eigenvalue weighted by molar-refractivity contribution is -0.138. The molecule has 0 aromatic heterocycles. The van der Waals surface area contributed by atoms with Gasteiger partial charge in [-0.05, 0) is 30.0 Å². The molecule has 1 rings (SSSR count). The summed E-state index contributed by atoms with van der Waals surface area (Å²) < 4.78 is 12.3. The highest BCUT2D eigenvalue weighted by molar-refractivity contribution is 5.73. The maximum atomic E-state index is 12.3. The molecule has 0 bridgehead atoms. The second kappa shape index (κ2) is 4.89. The Morgan fingerprint density at radius 3 is 2.73 bits per heavy atom. The van der Waals surface area contributed by atoms with Gasteiger partial charge >= 0.3 is 5.97 Å². The van der Waals surface area contributed by atoms with Gasteiger partial charge in [0.25, 0.3) is 0 Å². The Balaban J connectivity index is 2.82. The number of rotatable bonds is 4. The number of carbonyl (C=O) groups is 1. The summed E-state index contributed by atoms with van der Waals surface area (Å²) in [6.07, 6.45) is 0.272. The van der Waals surface area contributed by atoms with Gasteiger partial charge in [-0.2, -0.15) is 0 Å². The molecule has 0 saturated carbocycles. The standard InChI is InChI=1S/C11H14FNO2/c1-7-4-8(6-12)2-3-9(7)5-10(13)11(14)15/h2-4,10H,5-6,13H2,1H3,(H,14,15). The first-order valence-corrected chi connectivity index (χ1v) is 4.67. The first-order chi connectivity index (χ1) is 7.04. The number of aryl methyl sites for hydroxylation is 1.